The van der Waals surface area contributed by atoms with Gasteiger partial charge in [-0.25, -0.2) is 4.90 Å². The number of hydrogen-bond donors (Lipinski definition) is 9. The number of nitrogens with zero attached hydrogens (tertiary/aromatic N) is 4. The number of nitrogens with one attached hydrogen (secondary N) is 6. The van der Waals surface area contributed by atoms with E-state index in [0.717, 1.165) is 35.6 Å². The van der Waals surface area contributed by atoms with E-state index in [2.05, 4.69) is 46.7 Å². The molecule has 26 nitrogen and oxygen atoms in total. The molecule has 9 aromatic rings. The maximum absolute atomic E-state index is 12.9. The SMILES string of the molecule is CN(CCNc1ccn2c(=O)c(C(=O)NC(CC(=O)O)c3ccccc3)ccc2c1)C(N)[NH3+].CNCCNc1ccn2c(=O)c(C(=O)NC(CC(=O)OP)c3ccccc3)ccc2c1.O=C(CC(NC(=O)c1ccc2cc(Cl)ccn2c1=O)c1ccccc1)OP.O=C([O-])C(F)(F)F. The van der Waals surface area contributed by atoms with E-state index in [4.69, 9.17) is 27.2 Å². The maximum atomic E-state index is 12.9. The number of carboxylic acids is 2. The zero-order valence-corrected chi connectivity index (χ0v) is 55.6. The fourth-order valence-corrected chi connectivity index (χ4v) is 9.67. The lowest BCUT2D eigenvalue weighted by Crippen LogP contribution is -2.73. The molecule has 0 spiro atoms. The molecule has 3 aromatic carbocycles. The summed E-state index contributed by atoms with van der Waals surface area (Å²) in [5, 5.41) is 36.3. The summed E-state index contributed by atoms with van der Waals surface area (Å²) in [5.74, 6) is -6.81. The van der Waals surface area contributed by atoms with Gasteiger partial charge in [0.05, 0.1) is 72.9 Å². The Labute approximate surface area is 567 Å². The van der Waals surface area contributed by atoms with Gasteiger partial charge in [-0.3, -0.25) is 62.1 Å². The molecule has 6 unspecified atom stereocenters. The number of alkyl halides is 3. The number of aromatic nitrogens is 3. The molecule has 12 N–H and O–H groups in total. The lowest BCUT2D eigenvalue weighted by atomic mass is 10.0. The van der Waals surface area contributed by atoms with Crippen LogP contribution in [0.1, 0.15) is 85.2 Å². The Kier molecular flexibility index (Phi) is 29.1. The number of pyridine rings is 6. The minimum absolute atomic E-state index is 0.00596. The van der Waals surface area contributed by atoms with Crippen molar-refractivity contribution in [2.75, 3.05) is 50.9 Å². The second-order valence-electron chi connectivity index (χ2n) is 21.3. The van der Waals surface area contributed by atoms with Crippen molar-refractivity contribution in [1.82, 2.24) is 39.4 Å². The molecule has 6 heterocycles. The van der Waals surface area contributed by atoms with Gasteiger partial charge in [-0.15, -0.1) is 0 Å². The highest BCUT2D eigenvalue weighted by Crippen LogP contribution is 2.23. The van der Waals surface area contributed by atoms with E-state index in [9.17, 15) is 61.4 Å². The number of nitrogens with two attached hydrogens (primary N) is 1. The summed E-state index contributed by atoms with van der Waals surface area (Å²) in [6.45, 7) is 2.90. The van der Waals surface area contributed by atoms with Crippen LogP contribution in [0.2, 0.25) is 5.02 Å². The van der Waals surface area contributed by atoms with E-state index in [1.54, 1.807) is 122 Å². The van der Waals surface area contributed by atoms with Gasteiger partial charge in [0.1, 0.15) is 22.7 Å². The van der Waals surface area contributed by atoms with E-state index < -0.39 is 82.6 Å². The molecule has 9 rings (SSSR count). The number of benzene rings is 3. The maximum Gasteiger partial charge on any atom is 0.430 e. The summed E-state index contributed by atoms with van der Waals surface area (Å²) in [4.78, 5) is 122. The lowest BCUT2D eigenvalue weighted by molar-refractivity contribution is -0.453. The number of amides is 3. The first kappa shape index (κ1) is 76.6. The van der Waals surface area contributed by atoms with Crippen LogP contribution in [-0.4, -0.2) is 118 Å². The second kappa shape index (κ2) is 37.2. The summed E-state index contributed by atoms with van der Waals surface area (Å²) in [7, 11) is 7.55. The van der Waals surface area contributed by atoms with Gasteiger partial charge in [0.25, 0.3) is 34.4 Å². The number of hydrogen-bond acceptors (Lipinski definition) is 18. The van der Waals surface area contributed by atoms with Crippen LogP contribution in [0.4, 0.5) is 24.5 Å². The van der Waals surface area contributed by atoms with Crippen LogP contribution < -0.4 is 65.2 Å². The van der Waals surface area contributed by atoms with Gasteiger partial charge in [-0.1, -0.05) is 103 Å². The van der Waals surface area contributed by atoms with Crippen molar-refractivity contribution in [3.63, 3.8) is 0 Å². The summed E-state index contributed by atoms with van der Waals surface area (Å²) in [6.07, 6.45) is -1.16. The number of fused-ring (bicyclic) bond motifs is 3. The fraction of sp³-hybridized carbons (Fsp3) is 0.212. The van der Waals surface area contributed by atoms with Gasteiger partial charge in [0, 0.05) is 61.2 Å². The number of quaternary nitrogens is 1. The van der Waals surface area contributed by atoms with E-state index >= 15 is 0 Å². The van der Waals surface area contributed by atoms with Crippen molar-refractivity contribution in [2.24, 2.45) is 5.73 Å². The molecular formula is C66H70ClF3N12O14P2. The van der Waals surface area contributed by atoms with Crippen LogP contribution in [0, 0.1) is 0 Å². The Morgan fingerprint density at radius 2 is 0.918 bits per heavy atom. The molecule has 0 aliphatic heterocycles. The van der Waals surface area contributed by atoms with Crippen molar-refractivity contribution in [3.05, 3.63) is 252 Å². The highest BCUT2D eigenvalue weighted by Gasteiger charge is 2.29. The first-order valence-electron chi connectivity index (χ1n) is 29.6. The fourth-order valence-electron chi connectivity index (χ4n) is 9.31. The molecule has 0 radical (unpaired) electrons. The average Bonchev–Trinajstić information content (AvgIpc) is 0.807. The number of carbonyl (C=O) groups is 7. The van der Waals surface area contributed by atoms with Crippen LogP contribution in [-0.2, 0) is 28.2 Å². The predicted molar refractivity (Wildman–Crippen MR) is 365 cm³/mol. The van der Waals surface area contributed by atoms with Gasteiger partial charge in [-0.2, -0.15) is 13.2 Å². The number of carboxylic acid groups (broad SMARTS) is 2. The molecule has 516 valence electrons. The van der Waals surface area contributed by atoms with Crippen LogP contribution in [0.25, 0.3) is 16.6 Å². The minimum atomic E-state index is -5.19. The number of aliphatic carboxylic acids is 2. The zero-order chi connectivity index (χ0) is 71.6. The Morgan fingerprint density at radius 3 is 1.26 bits per heavy atom. The molecule has 0 aliphatic carbocycles. The standard InChI is InChI=1S/C23H28N6O4.C22H25N4O4P.C19H16ClN2O4P.C2HF3O2/c1-28(23(24)25)12-10-26-16-9-11-29-17(13-16)7-8-18(22(29)33)21(32)27-19(14-20(30)31)15-5-3-2-4-6-15;1-23-10-11-24-16-9-12-26-17(13-16)7-8-18(22(26)29)21(28)25-19(14-20(27)30-31)15-5-3-2-4-6-15;20-13-8-9-22-14(10-13)6-7-15(19(22)25)18(24)21-16(11-17(23)26-27)12-4-2-1-3-5-12;3-2(4,5)1(6)7/h2-9,11,13,19,23,26H,10,12,14,24-25H2,1H3,(H,27,32)(H,30,31);2-9,12-13,19,23-24H,10-11,14,31H2,1H3,(H,25,28);1-10,16H,11,27H2,(H,21,24);(H,6,7). The quantitative estimate of drug-likeness (QED) is 0.0226. The van der Waals surface area contributed by atoms with Crippen molar-refractivity contribution in [1.29, 1.82) is 0 Å². The molecule has 0 bridgehead atoms. The number of carbonyl (C=O) groups excluding carboxylic acids is 6. The third kappa shape index (κ3) is 22.6. The molecule has 98 heavy (non-hydrogen) atoms. The number of likely N-dealkylation sites (N-methyl/N-ethyl adjacent to an activating group) is 2. The molecule has 6 atom stereocenters. The Hall–Kier alpha value is -10.4. The first-order valence-corrected chi connectivity index (χ1v) is 30.9. The van der Waals surface area contributed by atoms with E-state index in [0.29, 0.717) is 40.2 Å². The Morgan fingerprint density at radius 1 is 0.571 bits per heavy atom. The van der Waals surface area contributed by atoms with Crippen LogP contribution in [0.5, 0.6) is 0 Å². The molecule has 3 amide bonds. The van der Waals surface area contributed by atoms with Crippen molar-refractivity contribution >= 4 is 100 Å². The van der Waals surface area contributed by atoms with E-state index in [1.165, 1.54) is 37.6 Å². The van der Waals surface area contributed by atoms with Crippen LogP contribution in [0.3, 0.4) is 0 Å². The van der Waals surface area contributed by atoms with Gasteiger partial charge in [-0.05, 0) is 104 Å². The molecule has 0 saturated carbocycles. The lowest BCUT2D eigenvalue weighted by Gasteiger charge is -2.18. The summed E-state index contributed by atoms with van der Waals surface area (Å²) >= 11 is 5.93. The summed E-state index contributed by atoms with van der Waals surface area (Å²) < 4.78 is 45.0. The first-order chi connectivity index (χ1) is 46.7. The Balaban J connectivity index is 0.000000222. The van der Waals surface area contributed by atoms with Gasteiger partial charge < -0.3 is 61.7 Å². The van der Waals surface area contributed by atoms with Gasteiger partial charge in [0.15, 0.2) is 6.29 Å². The number of anilines is 2. The molecule has 0 aliphatic rings. The number of halogens is 4. The minimum Gasteiger partial charge on any atom is -0.542 e. The molecule has 0 saturated heterocycles. The monoisotopic (exact) mass is 1410 g/mol. The predicted octanol–water partition coefficient (Wildman–Crippen LogP) is 4.64. The average molecular weight is 1410 g/mol. The van der Waals surface area contributed by atoms with Crippen molar-refractivity contribution in [3.8, 4) is 0 Å². The molecular weight excluding hydrogens is 1340 g/mol. The van der Waals surface area contributed by atoms with Crippen LogP contribution >= 0.6 is 30.5 Å². The topological polar surface area (TPSA) is 375 Å². The second-order valence-corrected chi connectivity index (χ2v) is 22.2. The third-order valence-electron chi connectivity index (χ3n) is 14.5. The highest BCUT2D eigenvalue weighted by molar-refractivity contribution is 7.11. The molecule has 0 fully saturated rings. The zero-order valence-electron chi connectivity index (χ0n) is 52.6. The van der Waals surface area contributed by atoms with Gasteiger partial charge in [0.2, 0.25) is 0 Å². The summed E-state index contributed by atoms with van der Waals surface area (Å²) in [5.41, 5.74) is 13.7. The summed E-state index contributed by atoms with van der Waals surface area (Å²) in [6, 6.07) is 44.7. The number of rotatable bonds is 24. The molecule has 6 aromatic heterocycles. The van der Waals surface area contributed by atoms with E-state index in [1.807, 2.05) is 74.3 Å². The largest absolute Gasteiger partial charge is 0.542 e. The highest BCUT2D eigenvalue weighted by atomic mass is 35.5. The normalized spacial score (nSPS) is 12.1. The third-order valence-corrected chi connectivity index (χ3v) is 15.2. The van der Waals surface area contributed by atoms with Gasteiger partial charge >= 0.3 is 24.1 Å². The molecule has 32 heteroatoms. The smallest absolute Gasteiger partial charge is 0.430 e. The Bertz CT molecular complexity index is 4440. The van der Waals surface area contributed by atoms with E-state index in [-0.39, 0.29) is 42.2 Å². The van der Waals surface area contributed by atoms with Crippen LogP contribution in [0.15, 0.2) is 197 Å². The van der Waals surface area contributed by atoms with Crippen molar-refractivity contribution < 1.29 is 71.7 Å². The van der Waals surface area contributed by atoms with Crippen molar-refractivity contribution in [2.45, 2.75) is 49.9 Å².